The van der Waals surface area contributed by atoms with Crippen LogP contribution in [0, 0.1) is 0 Å². The van der Waals surface area contributed by atoms with E-state index in [1.807, 2.05) is 6.92 Å². The zero-order chi connectivity index (χ0) is 13.7. The van der Waals surface area contributed by atoms with Gasteiger partial charge in [-0.1, -0.05) is 30.1 Å². The van der Waals surface area contributed by atoms with Gasteiger partial charge >= 0.3 is 5.69 Å². The van der Waals surface area contributed by atoms with Crippen LogP contribution in [0.15, 0.2) is 21.7 Å². The fourth-order valence-corrected chi connectivity index (χ4v) is 2.51. The summed E-state index contributed by atoms with van der Waals surface area (Å²) in [7, 11) is 0. The molecule has 1 aromatic carbocycles. The van der Waals surface area contributed by atoms with Crippen molar-refractivity contribution in [1.29, 1.82) is 0 Å². The van der Waals surface area contributed by atoms with Crippen LogP contribution in [0.3, 0.4) is 0 Å². The number of hydrogen-bond acceptors (Lipinski definition) is 3. The number of H-pyrrole nitrogens is 2. The first-order valence-electron chi connectivity index (χ1n) is 5.50. The Morgan fingerprint density at radius 2 is 1.84 bits per heavy atom. The van der Waals surface area contributed by atoms with E-state index < -0.39 is 11.2 Å². The average Bonchev–Trinajstić information content (AvgIpc) is 2.31. The van der Waals surface area contributed by atoms with Crippen molar-refractivity contribution in [2.45, 2.75) is 12.8 Å². The monoisotopic (exact) mass is 298 g/mol. The highest BCUT2D eigenvalue weighted by Gasteiger charge is 2.28. The number of fused-ring (bicyclic) bond motifs is 2. The topological polar surface area (TPSA) is 75.0 Å². The molecule has 19 heavy (non-hydrogen) atoms. The van der Waals surface area contributed by atoms with Crippen LogP contribution in [0.2, 0.25) is 10.0 Å². The molecule has 0 radical (unpaired) electrons. The van der Waals surface area contributed by atoms with E-state index in [1.54, 1.807) is 12.1 Å². The van der Waals surface area contributed by atoms with Gasteiger partial charge in [0.25, 0.3) is 5.56 Å². The van der Waals surface area contributed by atoms with Crippen molar-refractivity contribution in [1.82, 2.24) is 9.97 Å². The van der Waals surface area contributed by atoms with Crippen LogP contribution in [0.4, 0.5) is 0 Å². The van der Waals surface area contributed by atoms with Crippen LogP contribution in [0.25, 0.3) is 0 Å². The van der Waals surface area contributed by atoms with Gasteiger partial charge in [-0.25, -0.2) is 4.79 Å². The van der Waals surface area contributed by atoms with E-state index >= 15 is 0 Å². The Hall–Kier alpha value is -1.72. The second kappa shape index (κ2) is 4.15. The second-order valence-electron chi connectivity index (χ2n) is 4.28. The average molecular weight is 299 g/mol. The standard InChI is InChI=1S/C12H8Cl2N2O3/c1-4-5-2-6(13)7(14)3-8(5)19-11-9(4)10(17)15-12(18)16-11/h2-4H,1H3,(H2,15,16,17,18). The Bertz CT molecular complexity index is 795. The van der Waals surface area contributed by atoms with Crippen molar-refractivity contribution in [3.63, 3.8) is 0 Å². The van der Waals surface area contributed by atoms with Crippen molar-refractivity contribution in [3.05, 3.63) is 54.1 Å². The summed E-state index contributed by atoms with van der Waals surface area (Å²) in [6, 6.07) is 3.23. The third-order valence-corrected chi connectivity index (χ3v) is 3.83. The summed E-state index contributed by atoms with van der Waals surface area (Å²) in [6.45, 7) is 1.83. The Morgan fingerprint density at radius 1 is 1.16 bits per heavy atom. The highest BCUT2D eigenvalue weighted by Crippen LogP contribution is 2.43. The fourth-order valence-electron chi connectivity index (χ4n) is 2.19. The highest BCUT2D eigenvalue weighted by molar-refractivity contribution is 6.42. The molecule has 0 saturated carbocycles. The smallest absolute Gasteiger partial charge is 0.328 e. The minimum absolute atomic E-state index is 0.145. The third kappa shape index (κ3) is 1.86. The van der Waals surface area contributed by atoms with E-state index in [2.05, 4.69) is 9.97 Å². The highest BCUT2D eigenvalue weighted by atomic mass is 35.5. The number of ether oxygens (including phenoxy) is 1. The van der Waals surface area contributed by atoms with Crippen LogP contribution in [-0.4, -0.2) is 9.97 Å². The molecule has 0 amide bonds. The number of aromatic amines is 2. The normalized spacial score (nSPS) is 16.5. The van der Waals surface area contributed by atoms with Gasteiger partial charge in [0.05, 0.1) is 15.6 Å². The molecule has 0 saturated heterocycles. The van der Waals surface area contributed by atoms with Crippen molar-refractivity contribution >= 4 is 23.2 Å². The summed E-state index contributed by atoms with van der Waals surface area (Å²) in [5.41, 5.74) is 0.0346. The molecular formula is C12H8Cl2N2O3. The van der Waals surface area contributed by atoms with Crippen molar-refractivity contribution in [2.75, 3.05) is 0 Å². The molecule has 1 aromatic heterocycles. The summed E-state index contributed by atoms with van der Waals surface area (Å²) >= 11 is 11.9. The molecule has 0 bridgehead atoms. The number of benzene rings is 1. The van der Waals surface area contributed by atoms with Crippen LogP contribution in [-0.2, 0) is 0 Å². The summed E-state index contributed by atoms with van der Waals surface area (Å²) in [5.74, 6) is 0.372. The van der Waals surface area contributed by atoms with Crippen molar-refractivity contribution in [2.24, 2.45) is 0 Å². The molecule has 7 heteroatoms. The van der Waals surface area contributed by atoms with E-state index in [0.29, 0.717) is 21.4 Å². The fraction of sp³-hybridized carbons (Fsp3) is 0.167. The summed E-state index contributed by atoms with van der Waals surface area (Å²) in [4.78, 5) is 27.8. The summed E-state index contributed by atoms with van der Waals surface area (Å²) in [5, 5.41) is 0.739. The van der Waals surface area contributed by atoms with Gasteiger partial charge in [-0.05, 0) is 6.07 Å². The molecule has 1 aliphatic heterocycles. The van der Waals surface area contributed by atoms with Gasteiger partial charge in [-0.15, -0.1) is 0 Å². The van der Waals surface area contributed by atoms with Crippen LogP contribution >= 0.6 is 23.2 Å². The maximum Gasteiger partial charge on any atom is 0.328 e. The zero-order valence-corrected chi connectivity index (χ0v) is 11.2. The van der Waals surface area contributed by atoms with Gasteiger partial charge in [0.15, 0.2) is 0 Å². The minimum atomic E-state index is -0.612. The maximum absolute atomic E-state index is 11.8. The van der Waals surface area contributed by atoms with Crippen molar-refractivity contribution < 1.29 is 4.74 Å². The number of nitrogens with one attached hydrogen (secondary N) is 2. The molecule has 1 atom stereocenters. The molecule has 0 aliphatic carbocycles. The number of hydrogen-bond donors (Lipinski definition) is 2. The van der Waals surface area contributed by atoms with Gasteiger partial charge in [-0.2, -0.15) is 0 Å². The van der Waals surface area contributed by atoms with Gasteiger partial charge in [0, 0.05) is 17.5 Å². The molecular weight excluding hydrogens is 291 g/mol. The minimum Gasteiger partial charge on any atom is -0.440 e. The van der Waals surface area contributed by atoms with E-state index in [9.17, 15) is 9.59 Å². The Labute approximate surface area is 117 Å². The van der Waals surface area contributed by atoms with Crippen LogP contribution in [0.5, 0.6) is 11.6 Å². The molecule has 2 heterocycles. The number of rotatable bonds is 0. The summed E-state index contributed by atoms with van der Waals surface area (Å²) in [6.07, 6.45) is 0. The Kier molecular flexibility index (Phi) is 2.69. The molecule has 5 nitrogen and oxygen atoms in total. The molecule has 2 aromatic rings. The van der Waals surface area contributed by atoms with Crippen molar-refractivity contribution in [3.8, 4) is 11.6 Å². The van der Waals surface area contributed by atoms with Gasteiger partial charge in [0.1, 0.15) is 5.75 Å². The van der Waals surface area contributed by atoms with E-state index in [0.717, 1.165) is 5.56 Å². The van der Waals surface area contributed by atoms with Gasteiger partial charge in [0.2, 0.25) is 5.88 Å². The predicted molar refractivity (Wildman–Crippen MR) is 71.7 cm³/mol. The van der Waals surface area contributed by atoms with Gasteiger partial charge < -0.3 is 4.74 Å². The van der Waals surface area contributed by atoms with Gasteiger partial charge in [-0.3, -0.25) is 14.8 Å². The quantitative estimate of drug-likeness (QED) is 0.785. The molecule has 0 spiro atoms. The molecule has 0 fully saturated rings. The van der Waals surface area contributed by atoms with E-state index in [4.69, 9.17) is 27.9 Å². The number of aromatic nitrogens is 2. The number of halogens is 2. The van der Waals surface area contributed by atoms with E-state index in [-0.39, 0.29) is 11.8 Å². The summed E-state index contributed by atoms with van der Waals surface area (Å²) < 4.78 is 5.53. The third-order valence-electron chi connectivity index (χ3n) is 3.11. The first-order valence-corrected chi connectivity index (χ1v) is 6.26. The van der Waals surface area contributed by atoms with Crippen LogP contribution in [0.1, 0.15) is 24.0 Å². The first kappa shape index (κ1) is 12.3. The van der Waals surface area contributed by atoms with Crippen LogP contribution < -0.4 is 16.0 Å². The van der Waals surface area contributed by atoms with E-state index in [1.165, 1.54) is 0 Å². The SMILES string of the molecule is CC1c2cc(Cl)c(Cl)cc2Oc2[nH]c(=O)[nH]c(=O)c21. The lowest BCUT2D eigenvalue weighted by Crippen LogP contribution is -2.29. The lowest BCUT2D eigenvalue weighted by atomic mass is 9.92. The predicted octanol–water partition coefficient (Wildman–Crippen LogP) is 2.63. The lowest BCUT2D eigenvalue weighted by molar-refractivity contribution is 0.425. The second-order valence-corrected chi connectivity index (χ2v) is 5.09. The Balaban J connectivity index is 2.28. The molecule has 2 N–H and O–H groups in total. The molecule has 98 valence electrons. The largest absolute Gasteiger partial charge is 0.440 e. The first-order chi connectivity index (χ1) is 8.97. The Morgan fingerprint density at radius 3 is 2.58 bits per heavy atom. The lowest BCUT2D eigenvalue weighted by Gasteiger charge is -2.24. The maximum atomic E-state index is 11.8. The molecule has 1 aliphatic rings. The molecule has 1 unspecified atom stereocenters. The molecule has 3 rings (SSSR count). The zero-order valence-electron chi connectivity index (χ0n) is 9.71.